The average molecular weight is 349 g/mol. The third-order valence-electron chi connectivity index (χ3n) is 3.35. The lowest BCUT2D eigenvalue weighted by molar-refractivity contribution is -0.123. The Morgan fingerprint density at radius 1 is 1.12 bits per heavy atom. The van der Waals surface area contributed by atoms with Gasteiger partial charge in [-0.15, -0.1) is 11.3 Å². The number of nitrogens with one attached hydrogen (secondary N) is 1. The number of ether oxygens (including phenoxy) is 3. The number of carbonyl (C=O) groups is 2. The monoisotopic (exact) mass is 349 g/mol. The second kappa shape index (κ2) is 7.83. The van der Waals surface area contributed by atoms with Crippen LogP contribution in [0.4, 0.5) is 5.69 Å². The van der Waals surface area contributed by atoms with Crippen LogP contribution in [0, 0.1) is 6.92 Å². The number of anilines is 1. The molecule has 0 aliphatic carbocycles. The van der Waals surface area contributed by atoms with Gasteiger partial charge in [0.2, 0.25) is 0 Å². The number of hydrogen-bond donors (Lipinski definition) is 1. The Bertz CT molecular complexity index is 740. The Hall–Kier alpha value is -2.54. The van der Waals surface area contributed by atoms with Gasteiger partial charge in [-0.3, -0.25) is 4.79 Å². The third-order valence-corrected chi connectivity index (χ3v) is 4.35. The zero-order valence-corrected chi connectivity index (χ0v) is 14.7. The Labute approximate surface area is 144 Å². The maximum atomic E-state index is 12.2. The van der Waals surface area contributed by atoms with Crippen LogP contribution in [0.1, 0.15) is 22.2 Å². The molecule has 0 spiro atoms. The highest BCUT2D eigenvalue weighted by Crippen LogP contribution is 2.29. The SMILES string of the molecule is COc1ccc(NC(=O)C(C)OC(=O)c2sccc2C)cc1OC. The van der Waals surface area contributed by atoms with Crippen LogP contribution in [-0.4, -0.2) is 32.2 Å². The van der Waals surface area contributed by atoms with Crippen LogP contribution in [-0.2, 0) is 9.53 Å². The lowest BCUT2D eigenvalue weighted by Crippen LogP contribution is -2.29. The maximum Gasteiger partial charge on any atom is 0.349 e. The van der Waals surface area contributed by atoms with Crippen molar-refractivity contribution < 1.29 is 23.8 Å². The fraction of sp³-hybridized carbons (Fsp3) is 0.294. The second-order valence-corrected chi connectivity index (χ2v) is 5.96. The fourth-order valence-electron chi connectivity index (χ4n) is 2.01. The summed E-state index contributed by atoms with van der Waals surface area (Å²) in [5.41, 5.74) is 1.35. The molecule has 0 aliphatic heterocycles. The van der Waals surface area contributed by atoms with Gasteiger partial charge in [0, 0.05) is 11.8 Å². The van der Waals surface area contributed by atoms with Gasteiger partial charge in [-0.1, -0.05) is 0 Å². The Balaban J connectivity index is 2.01. The summed E-state index contributed by atoms with van der Waals surface area (Å²) in [5, 5.41) is 4.49. The van der Waals surface area contributed by atoms with Crippen molar-refractivity contribution in [2.24, 2.45) is 0 Å². The lowest BCUT2D eigenvalue weighted by Gasteiger charge is -2.14. The van der Waals surface area contributed by atoms with Crippen LogP contribution in [0.3, 0.4) is 0 Å². The summed E-state index contributed by atoms with van der Waals surface area (Å²) in [6.07, 6.45) is -0.924. The van der Waals surface area contributed by atoms with Crippen molar-refractivity contribution in [3.63, 3.8) is 0 Å². The van der Waals surface area contributed by atoms with E-state index in [0.717, 1.165) is 5.56 Å². The van der Waals surface area contributed by atoms with Gasteiger partial charge in [0.15, 0.2) is 17.6 Å². The predicted octanol–water partition coefficient (Wildman–Crippen LogP) is 3.26. The Morgan fingerprint density at radius 3 is 2.42 bits per heavy atom. The lowest BCUT2D eigenvalue weighted by atomic mass is 10.2. The van der Waals surface area contributed by atoms with E-state index in [-0.39, 0.29) is 0 Å². The molecule has 1 aromatic carbocycles. The standard InChI is InChI=1S/C17H19NO5S/c1-10-7-8-24-15(10)17(20)23-11(2)16(19)18-12-5-6-13(21-3)14(9-12)22-4/h5-9,11H,1-4H3,(H,18,19). The number of amides is 1. The highest BCUT2D eigenvalue weighted by molar-refractivity contribution is 7.12. The van der Waals surface area contributed by atoms with E-state index in [4.69, 9.17) is 14.2 Å². The van der Waals surface area contributed by atoms with Crippen LogP contribution in [0.15, 0.2) is 29.6 Å². The van der Waals surface area contributed by atoms with Crippen LogP contribution in [0.2, 0.25) is 0 Å². The van der Waals surface area contributed by atoms with Crippen molar-refractivity contribution in [2.45, 2.75) is 20.0 Å². The van der Waals surface area contributed by atoms with E-state index in [0.29, 0.717) is 22.1 Å². The van der Waals surface area contributed by atoms with Crippen molar-refractivity contribution in [1.29, 1.82) is 0 Å². The first-order chi connectivity index (χ1) is 11.5. The van der Waals surface area contributed by atoms with Gasteiger partial charge >= 0.3 is 5.97 Å². The first kappa shape index (κ1) is 17.8. The van der Waals surface area contributed by atoms with E-state index in [9.17, 15) is 9.59 Å². The molecule has 128 valence electrons. The molecule has 6 nitrogen and oxygen atoms in total. The van der Waals surface area contributed by atoms with Gasteiger partial charge in [-0.25, -0.2) is 4.79 Å². The molecule has 0 saturated carbocycles. The number of methoxy groups -OCH3 is 2. The summed E-state index contributed by atoms with van der Waals surface area (Å²) in [6, 6.07) is 6.82. The molecule has 1 N–H and O–H groups in total. The Morgan fingerprint density at radius 2 is 1.83 bits per heavy atom. The van der Waals surface area contributed by atoms with Gasteiger partial charge in [-0.05, 0) is 43.0 Å². The van der Waals surface area contributed by atoms with Crippen molar-refractivity contribution in [2.75, 3.05) is 19.5 Å². The highest BCUT2D eigenvalue weighted by Gasteiger charge is 2.21. The van der Waals surface area contributed by atoms with E-state index in [1.165, 1.54) is 32.5 Å². The molecule has 2 aromatic rings. The predicted molar refractivity (Wildman–Crippen MR) is 92.1 cm³/mol. The molecule has 0 fully saturated rings. The largest absolute Gasteiger partial charge is 0.493 e. The minimum Gasteiger partial charge on any atom is -0.493 e. The zero-order valence-electron chi connectivity index (χ0n) is 13.9. The molecule has 1 heterocycles. The van der Waals surface area contributed by atoms with E-state index >= 15 is 0 Å². The summed E-state index contributed by atoms with van der Waals surface area (Å²) in [4.78, 5) is 24.7. The smallest absolute Gasteiger partial charge is 0.349 e. The van der Waals surface area contributed by atoms with Crippen molar-refractivity contribution in [3.05, 3.63) is 40.1 Å². The number of esters is 1. The fourth-order valence-corrected chi connectivity index (χ4v) is 2.81. The minimum absolute atomic E-state index is 0.426. The number of thiophene rings is 1. The normalized spacial score (nSPS) is 11.5. The number of aryl methyl sites for hydroxylation is 1. The quantitative estimate of drug-likeness (QED) is 0.810. The average Bonchev–Trinajstić information content (AvgIpc) is 3.00. The molecule has 0 radical (unpaired) electrons. The van der Waals surface area contributed by atoms with Gasteiger partial charge in [0.25, 0.3) is 5.91 Å². The van der Waals surface area contributed by atoms with Crippen LogP contribution in [0.5, 0.6) is 11.5 Å². The van der Waals surface area contributed by atoms with Gasteiger partial charge in [0.05, 0.1) is 14.2 Å². The molecular weight excluding hydrogens is 330 g/mol. The third kappa shape index (κ3) is 4.05. The van der Waals surface area contributed by atoms with Crippen LogP contribution < -0.4 is 14.8 Å². The van der Waals surface area contributed by atoms with E-state index < -0.39 is 18.0 Å². The molecule has 0 bridgehead atoms. The molecule has 0 saturated heterocycles. The summed E-state index contributed by atoms with van der Waals surface area (Å²) in [7, 11) is 3.04. The minimum atomic E-state index is -0.924. The molecule has 1 atom stereocenters. The van der Waals surface area contributed by atoms with Gasteiger partial charge < -0.3 is 19.5 Å². The van der Waals surface area contributed by atoms with Crippen molar-refractivity contribution in [1.82, 2.24) is 0 Å². The molecular formula is C17H19NO5S. The number of benzene rings is 1. The number of hydrogen-bond acceptors (Lipinski definition) is 6. The molecule has 7 heteroatoms. The molecule has 1 aromatic heterocycles. The first-order valence-electron chi connectivity index (χ1n) is 7.24. The second-order valence-electron chi connectivity index (χ2n) is 5.04. The maximum absolute atomic E-state index is 12.2. The van der Waals surface area contributed by atoms with Crippen LogP contribution >= 0.6 is 11.3 Å². The van der Waals surface area contributed by atoms with Crippen LogP contribution in [0.25, 0.3) is 0 Å². The molecule has 0 aliphatic rings. The zero-order chi connectivity index (χ0) is 17.7. The Kier molecular flexibility index (Phi) is 5.81. The molecule has 1 unspecified atom stereocenters. The highest BCUT2D eigenvalue weighted by atomic mass is 32.1. The van der Waals surface area contributed by atoms with E-state index in [1.54, 1.807) is 23.6 Å². The number of rotatable bonds is 6. The topological polar surface area (TPSA) is 73.9 Å². The number of carbonyl (C=O) groups excluding carboxylic acids is 2. The summed E-state index contributed by atoms with van der Waals surface area (Å²) in [6.45, 7) is 3.35. The van der Waals surface area contributed by atoms with E-state index in [1.807, 2.05) is 13.0 Å². The van der Waals surface area contributed by atoms with Crippen molar-refractivity contribution in [3.8, 4) is 11.5 Å². The summed E-state index contributed by atoms with van der Waals surface area (Å²) >= 11 is 1.29. The van der Waals surface area contributed by atoms with E-state index in [2.05, 4.69) is 5.32 Å². The summed E-state index contributed by atoms with van der Waals surface area (Å²) < 4.78 is 15.5. The molecule has 2 rings (SSSR count). The van der Waals surface area contributed by atoms with Gasteiger partial charge in [0.1, 0.15) is 4.88 Å². The van der Waals surface area contributed by atoms with Crippen molar-refractivity contribution >= 4 is 28.9 Å². The molecule has 24 heavy (non-hydrogen) atoms. The summed E-state index contributed by atoms with van der Waals surface area (Å²) in [5.74, 6) is 0.125. The first-order valence-corrected chi connectivity index (χ1v) is 8.12. The van der Waals surface area contributed by atoms with Gasteiger partial charge in [-0.2, -0.15) is 0 Å². The molecule has 1 amide bonds.